The van der Waals surface area contributed by atoms with Crippen LogP contribution in [0.4, 0.5) is 0 Å². The molecule has 20 heavy (non-hydrogen) atoms. The smallest absolute Gasteiger partial charge is 0.367 e. The van der Waals surface area contributed by atoms with Crippen molar-refractivity contribution >= 4 is 23.2 Å². The van der Waals surface area contributed by atoms with Crippen molar-refractivity contribution in [2.24, 2.45) is 5.92 Å². The number of nitrogens with zero attached hydrogens (tertiary/aromatic N) is 2. The van der Waals surface area contributed by atoms with E-state index in [4.69, 9.17) is 4.74 Å². The molecule has 1 atom stereocenters. The van der Waals surface area contributed by atoms with Crippen LogP contribution < -0.4 is 0 Å². The summed E-state index contributed by atoms with van der Waals surface area (Å²) >= 11 is 1.11. The largest absolute Gasteiger partial charge is 0.461 e. The van der Waals surface area contributed by atoms with Crippen LogP contribution in [-0.4, -0.2) is 53.2 Å². The van der Waals surface area contributed by atoms with Crippen LogP contribution in [0.25, 0.3) is 0 Å². The molecule has 6 nitrogen and oxygen atoms in total. The minimum Gasteiger partial charge on any atom is -0.461 e. The van der Waals surface area contributed by atoms with Gasteiger partial charge in [-0.25, -0.2) is 9.78 Å². The Balaban J connectivity index is 2.04. The number of rotatable bonds is 4. The van der Waals surface area contributed by atoms with E-state index in [1.54, 1.807) is 17.2 Å². The Labute approximate surface area is 121 Å². The summed E-state index contributed by atoms with van der Waals surface area (Å²) in [6.45, 7) is 3.31. The van der Waals surface area contributed by atoms with Crippen LogP contribution in [0.2, 0.25) is 0 Å². The number of hydrogen-bond acceptors (Lipinski definition) is 6. The van der Waals surface area contributed by atoms with Gasteiger partial charge in [-0.1, -0.05) is 0 Å². The molecule has 0 aliphatic carbocycles. The predicted octanol–water partition coefficient (Wildman–Crippen LogP) is 1.16. The summed E-state index contributed by atoms with van der Waals surface area (Å²) in [6.07, 6.45) is 1.82. The summed E-state index contributed by atoms with van der Waals surface area (Å²) in [5.74, 6) is -0.547. The van der Waals surface area contributed by atoms with E-state index >= 15 is 0 Å². The summed E-state index contributed by atoms with van der Waals surface area (Å²) in [5.41, 5.74) is 0.275. The highest BCUT2D eigenvalue weighted by molar-refractivity contribution is 7.11. The first-order valence-electron chi connectivity index (χ1n) is 6.68. The number of thiazole rings is 1. The summed E-state index contributed by atoms with van der Waals surface area (Å²) in [6, 6.07) is 0. The predicted molar refractivity (Wildman–Crippen MR) is 73.8 cm³/mol. The number of esters is 1. The molecule has 1 saturated heterocycles. The van der Waals surface area contributed by atoms with Gasteiger partial charge in [0, 0.05) is 25.1 Å². The third-order valence-corrected chi connectivity index (χ3v) is 4.06. The number of aliphatic hydroxyl groups is 1. The number of piperidine rings is 1. The van der Waals surface area contributed by atoms with Gasteiger partial charge in [0.1, 0.15) is 5.69 Å². The molecule has 0 radical (unpaired) electrons. The van der Waals surface area contributed by atoms with Gasteiger partial charge in [-0.2, -0.15) is 0 Å². The number of amides is 1. The van der Waals surface area contributed by atoms with E-state index in [0.29, 0.717) is 13.1 Å². The first kappa shape index (κ1) is 14.9. The first-order valence-corrected chi connectivity index (χ1v) is 7.56. The second-order valence-corrected chi connectivity index (χ2v) is 5.56. The average Bonchev–Trinajstić information content (AvgIpc) is 2.96. The minimum atomic E-state index is -0.497. The molecule has 7 heteroatoms. The number of carbonyl (C=O) groups excluding carboxylic acids is 2. The second kappa shape index (κ2) is 6.81. The Kier molecular flexibility index (Phi) is 5.08. The Hall–Kier alpha value is -1.47. The molecular weight excluding hydrogens is 280 g/mol. The molecule has 2 heterocycles. The number of hydrogen-bond donors (Lipinski definition) is 1. The summed E-state index contributed by atoms with van der Waals surface area (Å²) in [7, 11) is 0. The summed E-state index contributed by atoms with van der Waals surface area (Å²) in [5, 5.41) is 11.0. The van der Waals surface area contributed by atoms with Crippen LogP contribution in [0, 0.1) is 5.92 Å². The Morgan fingerprint density at radius 3 is 3.10 bits per heavy atom. The molecule has 2 rings (SSSR count). The molecule has 0 spiro atoms. The maximum absolute atomic E-state index is 12.3. The molecule has 0 aromatic carbocycles. The topological polar surface area (TPSA) is 79.7 Å². The standard InChI is InChI=1S/C13H18N2O4S/c1-2-19-13(18)11-14-10(8-20-11)12(17)15-5-3-4-9(6-15)7-16/h8-9,16H,2-7H2,1H3. The monoisotopic (exact) mass is 298 g/mol. The quantitative estimate of drug-likeness (QED) is 0.844. The van der Waals surface area contributed by atoms with Gasteiger partial charge in [-0.05, 0) is 25.7 Å². The maximum atomic E-state index is 12.3. The lowest BCUT2D eigenvalue weighted by molar-refractivity contribution is 0.0525. The second-order valence-electron chi connectivity index (χ2n) is 4.70. The van der Waals surface area contributed by atoms with Crippen molar-refractivity contribution in [1.29, 1.82) is 0 Å². The highest BCUT2D eigenvalue weighted by atomic mass is 32.1. The zero-order valence-electron chi connectivity index (χ0n) is 11.4. The Bertz CT molecular complexity index is 488. The van der Waals surface area contributed by atoms with Crippen molar-refractivity contribution in [3.63, 3.8) is 0 Å². The fourth-order valence-corrected chi connectivity index (χ4v) is 2.90. The van der Waals surface area contributed by atoms with Gasteiger partial charge in [0.05, 0.1) is 6.61 Å². The van der Waals surface area contributed by atoms with Crippen LogP contribution in [-0.2, 0) is 4.74 Å². The Morgan fingerprint density at radius 1 is 1.60 bits per heavy atom. The third-order valence-electron chi connectivity index (χ3n) is 3.24. The van der Waals surface area contributed by atoms with Crippen molar-refractivity contribution < 1.29 is 19.4 Å². The molecule has 1 amide bonds. The lowest BCUT2D eigenvalue weighted by atomic mass is 9.99. The summed E-state index contributed by atoms with van der Waals surface area (Å²) < 4.78 is 4.85. The number of likely N-dealkylation sites (tertiary alicyclic amines) is 1. The van der Waals surface area contributed by atoms with Gasteiger partial charge in [0.15, 0.2) is 0 Å². The van der Waals surface area contributed by atoms with Gasteiger partial charge < -0.3 is 14.7 Å². The fourth-order valence-electron chi connectivity index (χ4n) is 2.22. The lowest BCUT2D eigenvalue weighted by Gasteiger charge is -2.31. The van der Waals surface area contributed by atoms with E-state index in [9.17, 15) is 14.7 Å². The van der Waals surface area contributed by atoms with Gasteiger partial charge >= 0.3 is 5.97 Å². The molecule has 1 aliphatic rings. The molecule has 1 aromatic rings. The van der Waals surface area contributed by atoms with Crippen molar-refractivity contribution in [2.45, 2.75) is 19.8 Å². The average molecular weight is 298 g/mol. The van der Waals surface area contributed by atoms with Crippen LogP contribution in [0.5, 0.6) is 0 Å². The fraction of sp³-hybridized carbons (Fsp3) is 0.615. The zero-order chi connectivity index (χ0) is 14.5. The van der Waals surface area contributed by atoms with E-state index in [1.807, 2.05) is 0 Å². The van der Waals surface area contributed by atoms with E-state index in [1.165, 1.54) is 0 Å². The van der Waals surface area contributed by atoms with Gasteiger partial charge in [-0.15, -0.1) is 11.3 Å². The minimum absolute atomic E-state index is 0.0922. The molecule has 1 aromatic heterocycles. The molecule has 0 saturated carbocycles. The highest BCUT2D eigenvalue weighted by Crippen LogP contribution is 2.19. The SMILES string of the molecule is CCOC(=O)c1nc(C(=O)N2CCCC(CO)C2)cs1. The van der Waals surface area contributed by atoms with Crippen molar-refractivity contribution in [3.05, 3.63) is 16.1 Å². The molecule has 110 valence electrons. The molecule has 1 aliphatic heterocycles. The van der Waals surface area contributed by atoms with Crippen LogP contribution in [0.1, 0.15) is 40.1 Å². The van der Waals surface area contributed by atoms with Gasteiger partial charge in [-0.3, -0.25) is 4.79 Å². The first-order chi connectivity index (χ1) is 9.65. The van der Waals surface area contributed by atoms with Crippen molar-refractivity contribution in [2.75, 3.05) is 26.3 Å². The van der Waals surface area contributed by atoms with Crippen molar-refractivity contribution in [1.82, 2.24) is 9.88 Å². The van der Waals surface area contributed by atoms with Crippen molar-refractivity contribution in [3.8, 4) is 0 Å². The normalized spacial score (nSPS) is 18.9. The van der Waals surface area contributed by atoms with Crippen LogP contribution in [0.15, 0.2) is 5.38 Å². The van der Waals surface area contributed by atoms with Crippen LogP contribution >= 0.6 is 11.3 Å². The van der Waals surface area contributed by atoms with Gasteiger partial charge in [0.2, 0.25) is 5.01 Å². The van der Waals surface area contributed by atoms with Crippen LogP contribution in [0.3, 0.4) is 0 Å². The molecular formula is C13H18N2O4S. The number of carbonyl (C=O) groups is 2. The van der Waals surface area contributed by atoms with Gasteiger partial charge in [0.25, 0.3) is 5.91 Å². The Morgan fingerprint density at radius 2 is 2.40 bits per heavy atom. The number of ether oxygens (including phenoxy) is 1. The van der Waals surface area contributed by atoms with E-state index in [-0.39, 0.29) is 35.7 Å². The number of aromatic nitrogens is 1. The third kappa shape index (κ3) is 3.34. The molecule has 1 N–H and O–H groups in total. The van der Waals surface area contributed by atoms with E-state index in [2.05, 4.69) is 4.98 Å². The van der Waals surface area contributed by atoms with E-state index < -0.39 is 5.97 Å². The maximum Gasteiger partial charge on any atom is 0.367 e. The molecule has 0 bridgehead atoms. The van der Waals surface area contributed by atoms with E-state index in [0.717, 1.165) is 24.2 Å². The summed E-state index contributed by atoms with van der Waals surface area (Å²) in [4.78, 5) is 29.5. The highest BCUT2D eigenvalue weighted by Gasteiger charge is 2.26. The molecule has 1 unspecified atom stereocenters. The molecule has 1 fully saturated rings. The number of aliphatic hydroxyl groups excluding tert-OH is 1. The lowest BCUT2D eigenvalue weighted by Crippen LogP contribution is -2.41. The zero-order valence-corrected chi connectivity index (χ0v) is 12.2.